The Balaban J connectivity index is 2.43. The number of para-hydroxylation sites is 1. The van der Waals surface area contributed by atoms with Gasteiger partial charge in [0.25, 0.3) is 0 Å². The molecule has 0 radical (unpaired) electrons. The van der Waals surface area contributed by atoms with Crippen molar-refractivity contribution in [2.75, 3.05) is 5.32 Å². The minimum atomic E-state index is -1.20. The van der Waals surface area contributed by atoms with E-state index in [-0.39, 0.29) is 16.3 Å². The first-order chi connectivity index (χ1) is 10.4. The van der Waals surface area contributed by atoms with Crippen molar-refractivity contribution in [1.29, 1.82) is 0 Å². The fraction of sp³-hybridized carbons (Fsp3) is 0.0667. The van der Waals surface area contributed by atoms with Crippen molar-refractivity contribution in [3.63, 3.8) is 0 Å². The summed E-state index contributed by atoms with van der Waals surface area (Å²) in [7, 11) is 0. The Hall–Kier alpha value is -2.24. The fourth-order valence-electron chi connectivity index (χ4n) is 1.96. The number of carbonyl (C=O) groups is 2. The van der Waals surface area contributed by atoms with E-state index in [1.165, 1.54) is 30.3 Å². The third kappa shape index (κ3) is 3.50. The molecule has 22 heavy (non-hydrogen) atoms. The molecule has 0 bridgehead atoms. The standard InChI is InChI=1S/C15H11Cl2NO4/c16-8-5-6-9(11(17)7-8)13(15(21)22)18-12-4-2-1-3-10(12)14(19)20/h1-7,13,18H,(H,19,20)(H,21,22). The summed E-state index contributed by atoms with van der Waals surface area (Å²) >= 11 is 11.8. The molecule has 2 rings (SSSR count). The first-order valence-corrected chi connectivity index (χ1v) is 6.92. The fourth-order valence-corrected chi connectivity index (χ4v) is 2.48. The van der Waals surface area contributed by atoms with Gasteiger partial charge in [-0.2, -0.15) is 0 Å². The van der Waals surface area contributed by atoms with Crippen molar-refractivity contribution in [3.05, 3.63) is 63.6 Å². The van der Waals surface area contributed by atoms with E-state index < -0.39 is 18.0 Å². The van der Waals surface area contributed by atoms with Gasteiger partial charge in [-0.3, -0.25) is 0 Å². The molecule has 1 atom stereocenters. The number of carboxylic acid groups (broad SMARTS) is 2. The van der Waals surface area contributed by atoms with Crippen molar-refractivity contribution >= 4 is 40.8 Å². The van der Waals surface area contributed by atoms with Crippen LogP contribution in [0.1, 0.15) is 22.0 Å². The first kappa shape index (κ1) is 16.1. The molecule has 0 saturated heterocycles. The van der Waals surface area contributed by atoms with E-state index in [1.54, 1.807) is 12.1 Å². The molecule has 0 aliphatic heterocycles. The maximum atomic E-state index is 11.5. The highest BCUT2D eigenvalue weighted by atomic mass is 35.5. The molecule has 0 amide bonds. The molecule has 0 fully saturated rings. The van der Waals surface area contributed by atoms with Crippen LogP contribution in [-0.2, 0) is 4.79 Å². The number of rotatable bonds is 5. The van der Waals surface area contributed by atoms with E-state index in [2.05, 4.69) is 5.32 Å². The number of halogens is 2. The van der Waals surface area contributed by atoms with Crippen LogP contribution in [0, 0.1) is 0 Å². The van der Waals surface area contributed by atoms with Gasteiger partial charge in [-0.1, -0.05) is 41.4 Å². The van der Waals surface area contributed by atoms with E-state index in [9.17, 15) is 14.7 Å². The van der Waals surface area contributed by atoms with Gasteiger partial charge in [-0.25, -0.2) is 9.59 Å². The highest BCUT2D eigenvalue weighted by Gasteiger charge is 2.24. The molecule has 0 spiro atoms. The van der Waals surface area contributed by atoms with Crippen LogP contribution in [0.5, 0.6) is 0 Å². The molecule has 0 aliphatic rings. The molecule has 2 aromatic carbocycles. The minimum absolute atomic E-state index is 0.0289. The number of aromatic carboxylic acids is 1. The van der Waals surface area contributed by atoms with Gasteiger partial charge in [0.15, 0.2) is 6.04 Å². The number of anilines is 1. The highest BCUT2D eigenvalue weighted by Crippen LogP contribution is 2.30. The van der Waals surface area contributed by atoms with Gasteiger partial charge in [0.2, 0.25) is 0 Å². The molecule has 0 heterocycles. The third-order valence-electron chi connectivity index (χ3n) is 2.98. The van der Waals surface area contributed by atoms with Gasteiger partial charge in [-0.05, 0) is 24.3 Å². The van der Waals surface area contributed by atoms with Crippen LogP contribution in [0.4, 0.5) is 5.69 Å². The van der Waals surface area contributed by atoms with Crippen LogP contribution in [-0.4, -0.2) is 22.2 Å². The number of aliphatic carboxylic acids is 1. The Bertz CT molecular complexity index is 733. The molecule has 0 aromatic heterocycles. The lowest BCUT2D eigenvalue weighted by atomic mass is 10.1. The van der Waals surface area contributed by atoms with Crippen LogP contribution in [0.2, 0.25) is 10.0 Å². The van der Waals surface area contributed by atoms with Gasteiger partial charge < -0.3 is 15.5 Å². The lowest BCUT2D eigenvalue weighted by molar-refractivity contribution is -0.138. The van der Waals surface area contributed by atoms with Crippen molar-refractivity contribution in [2.24, 2.45) is 0 Å². The summed E-state index contributed by atoms with van der Waals surface area (Å²) in [5, 5.41) is 21.8. The quantitative estimate of drug-likeness (QED) is 0.768. The largest absolute Gasteiger partial charge is 0.479 e. The van der Waals surface area contributed by atoms with Crippen LogP contribution < -0.4 is 5.32 Å². The number of nitrogens with one attached hydrogen (secondary N) is 1. The Morgan fingerprint density at radius 2 is 1.73 bits per heavy atom. The van der Waals surface area contributed by atoms with E-state index in [1.807, 2.05) is 0 Å². The van der Waals surface area contributed by atoms with E-state index in [0.29, 0.717) is 10.6 Å². The Morgan fingerprint density at radius 1 is 1.05 bits per heavy atom. The predicted molar refractivity (Wildman–Crippen MR) is 83.9 cm³/mol. The summed E-state index contributed by atoms with van der Waals surface area (Å²) in [4.78, 5) is 22.7. The average Bonchev–Trinajstić information content (AvgIpc) is 2.45. The molecule has 2 aromatic rings. The lowest BCUT2D eigenvalue weighted by Crippen LogP contribution is -2.22. The smallest absolute Gasteiger partial charge is 0.337 e. The number of benzene rings is 2. The molecule has 7 heteroatoms. The van der Waals surface area contributed by atoms with Crippen LogP contribution in [0.3, 0.4) is 0 Å². The highest BCUT2D eigenvalue weighted by molar-refractivity contribution is 6.35. The normalized spacial score (nSPS) is 11.7. The second-order valence-electron chi connectivity index (χ2n) is 4.43. The number of carboxylic acids is 2. The summed E-state index contributed by atoms with van der Waals surface area (Å²) in [5.41, 5.74) is 0.450. The van der Waals surface area contributed by atoms with Gasteiger partial charge in [0, 0.05) is 21.3 Å². The summed E-state index contributed by atoms with van der Waals surface area (Å²) in [5.74, 6) is -2.35. The molecule has 1 unspecified atom stereocenters. The predicted octanol–water partition coefficient (Wildman–Crippen LogP) is 3.93. The maximum absolute atomic E-state index is 11.5. The lowest BCUT2D eigenvalue weighted by Gasteiger charge is -2.18. The number of hydrogen-bond acceptors (Lipinski definition) is 3. The summed E-state index contributed by atoms with van der Waals surface area (Å²) in [6.07, 6.45) is 0. The van der Waals surface area contributed by atoms with E-state index in [0.717, 1.165) is 0 Å². The zero-order chi connectivity index (χ0) is 16.3. The van der Waals surface area contributed by atoms with Gasteiger partial charge in [0.05, 0.1) is 5.56 Å². The Kier molecular flexibility index (Phi) is 4.90. The molecule has 5 nitrogen and oxygen atoms in total. The topological polar surface area (TPSA) is 86.6 Å². The summed E-state index contributed by atoms with van der Waals surface area (Å²) < 4.78 is 0. The molecule has 0 saturated carbocycles. The SMILES string of the molecule is O=C(O)c1ccccc1NC(C(=O)O)c1ccc(Cl)cc1Cl. The van der Waals surface area contributed by atoms with Crippen LogP contribution in [0.15, 0.2) is 42.5 Å². The molecule has 114 valence electrons. The van der Waals surface area contributed by atoms with Crippen molar-refractivity contribution in [2.45, 2.75) is 6.04 Å². The van der Waals surface area contributed by atoms with Gasteiger partial charge in [0.1, 0.15) is 0 Å². The minimum Gasteiger partial charge on any atom is -0.479 e. The van der Waals surface area contributed by atoms with Gasteiger partial charge >= 0.3 is 11.9 Å². The van der Waals surface area contributed by atoms with Crippen molar-refractivity contribution in [1.82, 2.24) is 0 Å². The first-order valence-electron chi connectivity index (χ1n) is 6.16. The van der Waals surface area contributed by atoms with Crippen LogP contribution >= 0.6 is 23.2 Å². The second kappa shape index (κ2) is 6.68. The van der Waals surface area contributed by atoms with E-state index in [4.69, 9.17) is 28.3 Å². The van der Waals surface area contributed by atoms with E-state index >= 15 is 0 Å². The zero-order valence-electron chi connectivity index (χ0n) is 11.1. The van der Waals surface area contributed by atoms with Crippen molar-refractivity contribution < 1.29 is 19.8 Å². The molecular formula is C15H11Cl2NO4. The second-order valence-corrected chi connectivity index (χ2v) is 5.28. The summed E-state index contributed by atoms with van der Waals surface area (Å²) in [6, 6.07) is 9.26. The monoisotopic (exact) mass is 339 g/mol. The molecule has 3 N–H and O–H groups in total. The zero-order valence-corrected chi connectivity index (χ0v) is 12.6. The Morgan fingerprint density at radius 3 is 2.32 bits per heavy atom. The van der Waals surface area contributed by atoms with Gasteiger partial charge in [-0.15, -0.1) is 0 Å². The summed E-state index contributed by atoms with van der Waals surface area (Å²) in [6.45, 7) is 0. The maximum Gasteiger partial charge on any atom is 0.337 e. The molecule has 0 aliphatic carbocycles. The van der Waals surface area contributed by atoms with Crippen LogP contribution in [0.25, 0.3) is 0 Å². The number of hydrogen-bond donors (Lipinski definition) is 3. The third-order valence-corrected chi connectivity index (χ3v) is 3.54. The average molecular weight is 340 g/mol. The molecular weight excluding hydrogens is 329 g/mol. The Labute approximate surface area is 136 Å². The van der Waals surface area contributed by atoms with Crippen molar-refractivity contribution in [3.8, 4) is 0 Å².